The second-order valence-corrected chi connectivity index (χ2v) is 5.65. The van der Waals surface area contributed by atoms with Gasteiger partial charge in [0.1, 0.15) is 11.0 Å². The summed E-state index contributed by atoms with van der Waals surface area (Å²) in [6.45, 7) is 3.79. The van der Waals surface area contributed by atoms with E-state index in [4.69, 9.17) is 23.2 Å². The van der Waals surface area contributed by atoms with Gasteiger partial charge >= 0.3 is 0 Å². The van der Waals surface area contributed by atoms with Gasteiger partial charge in [-0.3, -0.25) is 0 Å². The van der Waals surface area contributed by atoms with Crippen LogP contribution in [0.1, 0.15) is 11.1 Å². The predicted molar refractivity (Wildman–Crippen MR) is 84.4 cm³/mol. The number of benzene rings is 2. The van der Waals surface area contributed by atoms with Gasteiger partial charge in [-0.05, 0) is 43.2 Å². The molecule has 1 aromatic heterocycles. The van der Waals surface area contributed by atoms with Crippen molar-refractivity contribution in [2.24, 2.45) is 0 Å². The summed E-state index contributed by atoms with van der Waals surface area (Å²) in [6.07, 6.45) is 0. The van der Waals surface area contributed by atoms with Crippen LogP contribution in [-0.4, -0.2) is 9.97 Å². The van der Waals surface area contributed by atoms with Gasteiger partial charge in [0.25, 0.3) is 0 Å². The second kappa shape index (κ2) is 5.24. The molecule has 0 unspecified atom stereocenters. The van der Waals surface area contributed by atoms with Crippen molar-refractivity contribution in [3.8, 4) is 11.4 Å². The molecule has 0 fully saturated rings. The highest BCUT2D eigenvalue weighted by Gasteiger charge is 2.14. The Kier molecular flexibility index (Phi) is 3.56. The minimum atomic E-state index is -0.342. The van der Waals surface area contributed by atoms with E-state index in [1.165, 1.54) is 12.1 Å². The van der Waals surface area contributed by atoms with Crippen molar-refractivity contribution in [1.29, 1.82) is 0 Å². The Morgan fingerprint density at radius 2 is 1.67 bits per heavy atom. The summed E-state index contributed by atoms with van der Waals surface area (Å²) in [7, 11) is 0. The molecule has 0 aliphatic carbocycles. The molecule has 0 atom stereocenters. The van der Waals surface area contributed by atoms with Crippen molar-refractivity contribution in [1.82, 2.24) is 9.97 Å². The zero-order valence-electron chi connectivity index (χ0n) is 11.4. The average Bonchev–Trinajstić information content (AvgIpc) is 2.45. The van der Waals surface area contributed by atoms with Crippen LogP contribution in [0.4, 0.5) is 4.39 Å². The highest BCUT2D eigenvalue weighted by atomic mass is 35.5. The van der Waals surface area contributed by atoms with E-state index in [-0.39, 0.29) is 5.82 Å². The topological polar surface area (TPSA) is 25.8 Å². The predicted octanol–water partition coefficient (Wildman–Crippen LogP) is 5.36. The summed E-state index contributed by atoms with van der Waals surface area (Å²) >= 11 is 12.5. The minimum absolute atomic E-state index is 0.318. The summed E-state index contributed by atoms with van der Waals surface area (Å²) < 4.78 is 13.5. The number of aromatic nitrogens is 2. The fraction of sp³-hybridized carbons (Fsp3) is 0.125. The normalized spacial score (nSPS) is 11.1. The largest absolute Gasteiger partial charge is 0.226 e. The smallest absolute Gasteiger partial charge is 0.161 e. The monoisotopic (exact) mass is 320 g/mol. The molecule has 3 aromatic rings. The van der Waals surface area contributed by atoms with Crippen molar-refractivity contribution >= 4 is 34.1 Å². The van der Waals surface area contributed by atoms with Gasteiger partial charge in [-0.1, -0.05) is 35.3 Å². The van der Waals surface area contributed by atoms with Crippen molar-refractivity contribution in [3.63, 3.8) is 0 Å². The number of nitrogens with zero attached hydrogens (tertiary/aromatic N) is 2. The number of rotatable bonds is 1. The lowest BCUT2D eigenvalue weighted by Gasteiger charge is -2.10. The van der Waals surface area contributed by atoms with Crippen LogP contribution >= 0.6 is 23.2 Å². The number of halogens is 3. The van der Waals surface area contributed by atoms with Crippen LogP contribution in [-0.2, 0) is 0 Å². The van der Waals surface area contributed by atoms with E-state index >= 15 is 0 Å². The van der Waals surface area contributed by atoms with E-state index in [0.29, 0.717) is 27.1 Å². The van der Waals surface area contributed by atoms with Gasteiger partial charge in [0, 0.05) is 10.9 Å². The lowest BCUT2D eigenvalue weighted by atomic mass is 10.1. The Balaban J connectivity index is 2.35. The van der Waals surface area contributed by atoms with Gasteiger partial charge in [-0.15, -0.1) is 0 Å². The van der Waals surface area contributed by atoms with Crippen LogP contribution in [0.25, 0.3) is 22.3 Å². The molecule has 2 nitrogen and oxygen atoms in total. The average molecular weight is 321 g/mol. The maximum atomic E-state index is 13.5. The molecule has 1 heterocycles. The summed E-state index contributed by atoms with van der Waals surface area (Å²) in [5, 5.41) is 1.54. The van der Waals surface area contributed by atoms with Crippen LogP contribution in [0.2, 0.25) is 10.2 Å². The molecule has 0 spiro atoms. The van der Waals surface area contributed by atoms with Crippen LogP contribution < -0.4 is 0 Å². The molecule has 21 heavy (non-hydrogen) atoms. The molecule has 0 N–H and O–H groups in total. The molecule has 106 valence electrons. The van der Waals surface area contributed by atoms with Crippen LogP contribution in [0.5, 0.6) is 0 Å². The number of aryl methyl sites for hydroxylation is 2. The highest BCUT2D eigenvalue weighted by molar-refractivity contribution is 6.38. The third kappa shape index (κ3) is 2.47. The summed E-state index contributed by atoms with van der Waals surface area (Å²) in [5.41, 5.74) is 3.00. The summed E-state index contributed by atoms with van der Waals surface area (Å²) in [5.74, 6) is 0.0303. The first-order valence-corrected chi connectivity index (χ1v) is 7.12. The Morgan fingerprint density at radius 3 is 2.43 bits per heavy atom. The van der Waals surface area contributed by atoms with E-state index in [9.17, 15) is 4.39 Å². The van der Waals surface area contributed by atoms with Gasteiger partial charge in [-0.2, -0.15) is 0 Å². The molecular weight excluding hydrogens is 310 g/mol. The fourth-order valence-electron chi connectivity index (χ4n) is 2.27. The number of hydrogen-bond acceptors (Lipinski definition) is 2. The molecule has 0 aliphatic heterocycles. The van der Waals surface area contributed by atoms with Crippen LogP contribution in [0, 0.1) is 19.7 Å². The van der Waals surface area contributed by atoms with E-state index in [0.717, 1.165) is 16.5 Å². The molecule has 2 aromatic carbocycles. The van der Waals surface area contributed by atoms with E-state index in [2.05, 4.69) is 9.97 Å². The van der Waals surface area contributed by atoms with Gasteiger partial charge < -0.3 is 0 Å². The number of hydrogen-bond donors (Lipinski definition) is 0. The SMILES string of the molecule is Cc1ccc(F)cc1-c1nc(Cl)c2c(C)ccc(Cl)c2n1. The van der Waals surface area contributed by atoms with Crippen molar-refractivity contribution in [2.45, 2.75) is 13.8 Å². The molecule has 0 aliphatic rings. The number of fused-ring (bicyclic) bond motifs is 1. The second-order valence-electron chi connectivity index (χ2n) is 4.89. The molecule has 3 rings (SSSR count). The van der Waals surface area contributed by atoms with Crippen molar-refractivity contribution in [3.05, 3.63) is 57.5 Å². The molecule has 0 amide bonds. The third-order valence-electron chi connectivity index (χ3n) is 3.41. The van der Waals surface area contributed by atoms with Crippen LogP contribution in [0.15, 0.2) is 30.3 Å². The Labute approximate surface area is 131 Å². The zero-order chi connectivity index (χ0) is 15.1. The lowest BCUT2D eigenvalue weighted by molar-refractivity contribution is 0.628. The first kappa shape index (κ1) is 14.2. The van der Waals surface area contributed by atoms with Crippen molar-refractivity contribution < 1.29 is 4.39 Å². The molecule has 5 heteroatoms. The zero-order valence-corrected chi connectivity index (χ0v) is 12.9. The van der Waals surface area contributed by atoms with E-state index < -0.39 is 0 Å². The van der Waals surface area contributed by atoms with Gasteiger partial charge in [0.2, 0.25) is 0 Å². The summed E-state index contributed by atoms with van der Waals surface area (Å²) in [4.78, 5) is 8.78. The van der Waals surface area contributed by atoms with Gasteiger partial charge in [0.05, 0.1) is 10.5 Å². The van der Waals surface area contributed by atoms with E-state index in [1.54, 1.807) is 12.1 Å². The first-order chi connectivity index (χ1) is 9.97. The van der Waals surface area contributed by atoms with Crippen molar-refractivity contribution in [2.75, 3.05) is 0 Å². The maximum absolute atomic E-state index is 13.5. The maximum Gasteiger partial charge on any atom is 0.161 e. The highest BCUT2D eigenvalue weighted by Crippen LogP contribution is 2.32. The molecule has 0 saturated carbocycles. The minimum Gasteiger partial charge on any atom is -0.226 e. The molecular formula is C16H11Cl2FN2. The first-order valence-electron chi connectivity index (χ1n) is 6.36. The van der Waals surface area contributed by atoms with Gasteiger partial charge in [0.15, 0.2) is 5.82 Å². The standard InChI is InChI=1S/C16H11Cl2FN2/c1-8-3-5-10(19)7-11(8)16-20-14-12(17)6-4-9(2)13(14)15(18)21-16/h3-7H,1-2H3. The lowest BCUT2D eigenvalue weighted by Crippen LogP contribution is -1.96. The molecule has 0 bridgehead atoms. The Hall–Kier alpha value is -1.71. The molecule has 0 radical (unpaired) electrons. The van der Waals surface area contributed by atoms with Gasteiger partial charge in [-0.25, -0.2) is 14.4 Å². The van der Waals surface area contributed by atoms with Crippen LogP contribution in [0.3, 0.4) is 0 Å². The quantitative estimate of drug-likeness (QED) is 0.564. The Morgan fingerprint density at radius 1 is 0.952 bits per heavy atom. The third-order valence-corrected chi connectivity index (χ3v) is 3.98. The summed E-state index contributed by atoms with van der Waals surface area (Å²) in [6, 6.07) is 8.12. The van der Waals surface area contributed by atoms with E-state index in [1.807, 2.05) is 19.9 Å². The Bertz CT molecular complexity index is 863. The fourth-order valence-corrected chi connectivity index (χ4v) is 2.79. The molecule has 0 saturated heterocycles.